The molecule has 8 nitrogen and oxygen atoms in total. The maximum Gasteiger partial charge on any atom is 0.164 e. The van der Waals surface area contributed by atoms with E-state index in [4.69, 9.17) is 29.9 Å². The Balaban J connectivity index is 0.00000256. The fourth-order valence-corrected chi connectivity index (χ4v) is 5.59. The van der Waals surface area contributed by atoms with Crippen LogP contribution in [-0.4, -0.2) is 39.9 Å². The Kier molecular flexibility index (Phi) is 5.17. The van der Waals surface area contributed by atoms with E-state index in [2.05, 4.69) is 9.97 Å². The van der Waals surface area contributed by atoms with Gasteiger partial charge >= 0.3 is 0 Å². The second kappa shape index (κ2) is 8.94. The van der Waals surface area contributed by atoms with Crippen molar-refractivity contribution in [2.75, 3.05) is 0 Å². The molecule has 2 aliphatic heterocycles. The van der Waals surface area contributed by atoms with Crippen LogP contribution >= 0.6 is 0 Å². The maximum absolute atomic E-state index is 5.02. The van der Waals surface area contributed by atoms with E-state index in [9.17, 15) is 0 Å². The Bertz CT molecular complexity index is 2030. The third kappa shape index (κ3) is 3.56. The van der Waals surface area contributed by atoms with Crippen molar-refractivity contribution in [1.29, 1.82) is 0 Å². The van der Waals surface area contributed by atoms with E-state index in [0.717, 1.165) is 43.8 Å². The average molecular weight is 617 g/mol. The summed E-state index contributed by atoms with van der Waals surface area (Å²) < 4.78 is 0. The normalized spacial score (nSPS) is 11.7. The van der Waals surface area contributed by atoms with Gasteiger partial charge in [-0.15, -0.1) is 0 Å². The number of hydrogen-bond donors (Lipinski definition) is 2. The van der Waals surface area contributed by atoms with Gasteiger partial charge in [-0.25, -0.2) is 29.9 Å². The first-order valence-electron chi connectivity index (χ1n) is 13.0. The summed E-state index contributed by atoms with van der Waals surface area (Å²) in [4.78, 5) is 36.8. The van der Waals surface area contributed by atoms with Crippen LogP contribution in [0, 0.1) is 0 Å². The van der Waals surface area contributed by atoms with E-state index >= 15 is 0 Å². The number of aromatic amines is 2. The van der Waals surface area contributed by atoms with E-state index < -0.39 is 0 Å². The largest absolute Gasteiger partial charge is 0.324 e. The Labute approximate surface area is 245 Å². The van der Waals surface area contributed by atoms with Crippen LogP contribution < -0.4 is 0 Å². The van der Waals surface area contributed by atoms with Crippen molar-refractivity contribution in [2.24, 2.45) is 0 Å². The van der Waals surface area contributed by atoms with E-state index in [1.807, 2.05) is 97.1 Å². The zero-order valence-electron chi connectivity index (χ0n) is 21.3. The smallest absolute Gasteiger partial charge is 0.164 e. The number of aromatic nitrogens is 8. The maximum atomic E-state index is 5.02. The summed E-state index contributed by atoms with van der Waals surface area (Å²) in [5, 5.41) is 3.82. The molecule has 0 amide bonds. The minimum atomic E-state index is 0. The molecule has 0 unspecified atom stereocenters. The van der Waals surface area contributed by atoms with Crippen LogP contribution in [0.5, 0.6) is 0 Å². The summed E-state index contributed by atoms with van der Waals surface area (Å²) in [6.45, 7) is 0. The molecule has 7 aromatic rings. The fraction of sp³-hybridized carbons (Fsp3) is 0. The zero-order chi connectivity index (χ0) is 26.2. The summed E-state index contributed by atoms with van der Waals surface area (Å²) in [6, 6.07) is 32.2. The molecule has 0 atom stereocenters. The van der Waals surface area contributed by atoms with Crippen molar-refractivity contribution in [3.63, 3.8) is 0 Å². The standard InChI is InChI=1S/C32H18N8.Rh/c1-2-10-18-17(9-1)25-33-26(18)38-28-21-13-5-6-14-22(21)30(35-28)40-32-24-16-8-7-15-23(24)31(36-32)39-29-20-12-4-3-11-19(20)27(34-29)37-25;/h1-16H,(H2,33,34,35,36,37,38,39,40);. The van der Waals surface area contributed by atoms with Gasteiger partial charge in [0.15, 0.2) is 23.3 Å². The predicted molar refractivity (Wildman–Crippen MR) is 156 cm³/mol. The molecule has 0 saturated heterocycles. The third-order valence-electron chi connectivity index (χ3n) is 7.46. The molecule has 9 rings (SSSR count). The van der Waals surface area contributed by atoms with E-state index in [-0.39, 0.29) is 19.5 Å². The molecule has 1 radical (unpaired) electrons. The Morgan fingerprint density at radius 3 is 0.829 bits per heavy atom. The number of fused-ring (bicyclic) bond motifs is 20. The number of nitrogens with one attached hydrogen (secondary N) is 2. The molecule has 195 valence electrons. The quantitative estimate of drug-likeness (QED) is 0.180. The monoisotopic (exact) mass is 617 g/mol. The van der Waals surface area contributed by atoms with Gasteiger partial charge in [0.05, 0.1) is 0 Å². The van der Waals surface area contributed by atoms with Gasteiger partial charge in [0.25, 0.3) is 0 Å². The Morgan fingerprint density at radius 2 is 0.561 bits per heavy atom. The third-order valence-corrected chi connectivity index (χ3v) is 7.46. The van der Waals surface area contributed by atoms with Gasteiger partial charge in [0.1, 0.15) is 22.6 Å². The molecule has 2 N–H and O–H groups in total. The summed E-state index contributed by atoms with van der Waals surface area (Å²) in [5.74, 6) is 2.39. The van der Waals surface area contributed by atoms with Crippen molar-refractivity contribution in [2.45, 2.75) is 0 Å². The van der Waals surface area contributed by atoms with Crippen LogP contribution in [0.25, 0.3) is 89.7 Å². The van der Waals surface area contributed by atoms with Gasteiger partial charge in [0, 0.05) is 63.3 Å². The molecule has 5 heterocycles. The predicted octanol–water partition coefficient (Wildman–Crippen LogP) is 6.87. The molecule has 41 heavy (non-hydrogen) atoms. The van der Waals surface area contributed by atoms with Crippen molar-refractivity contribution < 1.29 is 19.5 Å². The first kappa shape index (κ1) is 23.7. The summed E-state index contributed by atoms with van der Waals surface area (Å²) in [7, 11) is 0. The van der Waals surface area contributed by atoms with Crippen LogP contribution in [-0.2, 0) is 19.5 Å². The SMILES string of the molecule is [Rh].c1ccc2c(c1)-c1nc-2nc2[nH]c(nc3nc(nc4[nH]c(n1)c1ccccc41)-c1ccccc1-3)c1ccccc21. The molecule has 4 aromatic carbocycles. The van der Waals surface area contributed by atoms with Gasteiger partial charge < -0.3 is 9.97 Å². The average Bonchev–Trinajstić information content (AvgIpc) is 3.73. The minimum Gasteiger partial charge on any atom is -0.324 e. The molecule has 8 bridgehead atoms. The summed E-state index contributed by atoms with van der Waals surface area (Å²) >= 11 is 0. The van der Waals surface area contributed by atoms with E-state index in [0.29, 0.717) is 45.9 Å². The van der Waals surface area contributed by atoms with Gasteiger partial charge in [-0.05, 0) is 0 Å². The topological polar surface area (TPSA) is 109 Å². The minimum absolute atomic E-state index is 0. The van der Waals surface area contributed by atoms with Gasteiger partial charge in [-0.3, -0.25) is 0 Å². The second-order valence-electron chi connectivity index (χ2n) is 9.79. The Morgan fingerprint density at radius 1 is 0.317 bits per heavy atom. The molecule has 0 aliphatic carbocycles. The van der Waals surface area contributed by atoms with Gasteiger partial charge in [0.2, 0.25) is 0 Å². The molecule has 0 spiro atoms. The number of rotatable bonds is 0. The molecular formula is C32H18N8Rh. The molecular weight excluding hydrogens is 599 g/mol. The molecule has 9 heteroatoms. The molecule has 3 aromatic heterocycles. The molecule has 0 saturated carbocycles. The van der Waals surface area contributed by atoms with E-state index in [1.165, 1.54) is 0 Å². The van der Waals surface area contributed by atoms with Crippen LogP contribution in [0.15, 0.2) is 97.1 Å². The van der Waals surface area contributed by atoms with Crippen molar-refractivity contribution in [3.05, 3.63) is 97.1 Å². The van der Waals surface area contributed by atoms with Crippen LogP contribution in [0.4, 0.5) is 0 Å². The summed E-state index contributed by atoms with van der Waals surface area (Å²) in [5.41, 5.74) is 6.45. The first-order chi connectivity index (χ1) is 19.8. The number of benzene rings is 4. The van der Waals surface area contributed by atoms with Crippen molar-refractivity contribution in [1.82, 2.24) is 39.9 Å². The number of nitrogens with zero attached hydrogens (tertiary/aromatic N) is 6. The second-order valence-corrected chi connectivity index (χ2v) is 9.79. The molecule has 0 fully saturated rings. The van der Waals surface area contributed by atoms with Crippen molar-refractivity contribution >= 4 is 44.1 Å². The van der Waals surface area contributed by atoms with Crippen LogP contribution in [0.1, 0.15) is 0 Å². The first-order valence-corrected chi connectivity index (χ1v) is 13.0. The molecule has 2 aliphatic rings. The van der Waals surface area contributed by atoms with Crippen LogP contribution in [0.3, 0.4) is 0 Å². The van der Waals surface area contributed by atoms with E-state index in [1.54, 1.807) is 0 Å². The zero-order valence-corrected chi connectivity index (χ0v) is 22.9. The Hall–Kier alpha value is -5.14. The van der Waals surface area contributed by atoms with Crippen molar-refractivity contribution in [3.8, 4) is 45.6 Å². The number of hydrogen-bond acceptors (Lipinski definition) is 6. The van der Waals surface area contributed by atoms with Gasteiger partial charge in [-0.1, -0.05) is 97.1 Å². The van der Waals surface area contributed by atoms with Gasteiger partial charge in [-0.2, -0.15) is 0 Å². The van der Waals surface area contributed by atoms with Crippen LogP contribution in [0.2, 0.25) is 0 Å². The summed E-state index contributed by atoms with van der Waals surface area (Å²) in [6.07, 6.45) is 0. The number of H-pyrrole nitrogens is 2. The fourth-order valence-electron chi connectivity index (χ4n) is 5.59.